The monoisotopic (exact) mass is 428 g/mol. The summed E-state index contributed by atoms with van der Waals surface area (Å²) in [5.41, 5.74) is 9.18. The van der Waals surface area contributed by atoms with E-state index in [1.54, 1.807) is 13.2 Å². The third-order valence-electron chi connectivity index (χ3n) is 6.94. The van der Waals surface area contributed by atoms with Crippen molar-refractivity contribution in [1.82, 2.24) is 20.7 Å². The first-order chi connectivity index (χ1) is 15.1. The van der Waals surface area contributed by atoms with Gasteiger partial charge in [0, 0.05) is 44.4 Å². The third-order valence-corrected chi connectivity index (χ3v) is 6.94. The number of benzene rings is 1. The topological polar surface area (TPSA) is 95.7 Å². The molecule has 4 atom stereocenters. The maximum atomic E-state index is 12.9. The van der Waals surface area contributed by atoms with E-state index in [-0.39, 0.29) is 39.3 Å². The van der Waals surface area contributed by atoms with Gasteiger partial charge in [0.25, 0.3) is 5.91 Å². The van der Waals surface area contributed by atoms with Crippen LogP contribution >= 0.6 is 0 Å². The molecule has 168 valence electrons. The van der Waals surface area contributed by atoms with Gasteiger partial charge in [-0.25, -0.2) is 10.2 Å². The van der Waals surface area contributed by atoms with Crippen molar-refractivity contribution in [3.05, 3.63) is 47.4 Å². The minimum absolute atomic E-state index is 0. The average molecular weight is 429 g/mol. The number of carbonyl (C=O) groups excluding carboxylic acids is 2. The molecular weight excluding hydrogens is 396 g/mol. The van der Waals surface area contributed by atoms with Gasteiger partial charge in [-0.3, -0.25) is 15.1 Å². The number of carbonyl (C=O) groups is 2. The van der Waals surface area contributed by atoms with Crippen molar-refractivity contribution in [1.29, 1.82) is 0 Å². The number of hydrogen-bond acceptors (Lipinski definition) is 5. The fourth-order valence-corrected chi connectivity index (χ4v) is 5.44. The number of fused-ring (bicyclic) bond motifs is 6. The van der Waals surface area contributed by atoms with Crippen LogP contribution in [0.4, 0.5) is 4.79 Å². The smallest absolute Gasteiger partial charge is 0.426 e. The summed E-state index contributed by atoms with van der Waals surface area (Å²) in [6, 6.07) is 8.68. The van der Waals surface area contributed by atoms with Crippen molar-refractivity contribution < 1.29 is 21.9 Å². The molecule has 3 aliphatic heterocycles. The number of amides is 2. The standard InChI is InChI=1S/C23H28N4O4.2H2/c1-3-30-23(29)26-25-22(28)18-12-31-13(2)17-11-27-9-8-15-14-6-4-5-7-19(14)24-21(15)20(27)10-16(17)18;;/h4-7,12-13,16-17,20,24H,3,8-11H2,1-2H3,(H,25,28)(H,26,29);2*1H/t13-,16?,17+,20?;;/m0../s1. The van der Waals surface area contributed by atoms with Gasteiger partial charge in [0.15, 0.2) is 0 Å². The first-order valence-corrected chi connectivity index (χ1v) is 11.0. The van der Waals surface area contributed by atoms with Gasteiger partial charge in [0.1, 0.15) is 0 Å². The third kappa shape index (κ3) is 3.44. The van der Waals surface area contributed by atoms with Crippen LogP contribution in [-0.2, 0) is 20.7 Å². The molecule has 0 aliphatic carbocycles. The van der Waals surface area contributed by atoms with Crippen LogP contribution in [0, 0.1) is 11.8 Å². The Hall–Kier alpha value is -3.00. The highest BCUT2D eigenvalue weighted by Gasteiger charge is 2.46. The lowest BCUT2D eigenvalue weighted by atomic mass is 9.72. The molecule has 1 aromatic carbocycles. The van der Waals surface area contributed by atoms with Gasteiger partial charge in [-0.1, -0.05) is 18.2 Å². The van der Waals surface area contributed by atoms with E-state index in [1.807, 2.05) is 0 Å². The number of piperidine rings is 1. The molecule has 8 heteroatoms. The molecule has 31 heavy (non-hydrogen) atoms. The van der Waals surface area contributed by atoms with Gasteiger partial charge in [0.05, 0.1) is 30.6 Å². The Morgan fingerprint density at radius 2 is 2.16 bits per heavy atom. The van der Waals surface area contributed by atoms with E-state index < -0.39 is 6.09 Å². The summed E-state index contributed by atoms with van der Waals surface area (Å²) in [5, 5.41) is 1.30. The summed E-state index contributed by atoms with van der Waals surface area (Å²) in [4.78, 5) is 30.6. The average Bonchev–Trinajstić information content (AvgIpc) is 3.16. The van der Waals surface area contributed by atoms with E-state index in [9.17, 15) is 9.59 Å². The predicted octanol–water partition coefficient (Wildman–Crippen LogP) is 3.28. The maximum absolute atomic E-state index is 12.9. The van der Waals surface area contributed by atoms with Gasteiger partial charge in [0.2, 0.25) is 0 Å². The number of hydrogen-bond donors (Lipinski definition) is 3. The first-order valence-electron chi connectivity index (χ1n) is 11.0. The van der Waals surface area contributed by atoms with Crippen LogP contribution in [0.25, 0.3) is 10.9 Å². The lowest BCUT2D eigenvalue weighted by Gasteiger charge is -2.49. The number of aromatic nitrogens is 1. The summed E-state index contributed by atoms with van der Waals surface area (Å²) in [7, 11) is 0. The number of ether oxygens (including phenoxy) is 2. The van der Waals surface area contributed by atoms with E-state index in [0.29, 0.717) is 5.57 Å². The summed E-state index contributed by atoms with van der Waals surface area (Å²) in [6.07, 6.45) is 2.78. The fourth-order valence-electron chi connectivity index (χ4n) is 5.44. The second-order valence-electron chi connectivity index (χ2n) is 8.54. The molecule has 0 saturated carbocycles. The van der Waals surface area contributed by atoms with Gasteiger partial charge < -0.3 is 14.5 Å². The number of nitrogens with zero attached hydrogens (tertiary/aromatic N) is 1. The molecule has 1 saturated heterocycles. The summed E-state index contributed by atoms with van der Waals surface area (Å²) >= 11 is 0. The van der Waals surface area contributed by atoms with Crippen LogP contribution in [0.5, 0.6) is 0 Å². The van der Waals surface area contributed by atoms with Gasteiger partial charge in [-0.15, -0.1) is 0 Å². The Kier molecular flexibility index (Phi) is 5.09. The molecular formula is C23H32N4O4. The Morgan fingerprint density at radius 3 is 3.00 bits per heavy atom. The summed E-state index contributed by atoms with van der Waals surface area (Å²) in [5.74, 6) is -0.0852. The molecule has 2 aromatic rings. The molecule has 0 radical (unpaired) electrons. The molecule has 3 aliphatic rings. The summed E-state index contributed by atoms with van der Waals surface area (Å²) < 4.78 is 10.6. The Morgan fingerprint density at radius 1 is 1.32 bits per heavy atom. The van der Waals surface area contributed by atoms with Crippen LogP contribution in [0.1, 0.15) is 40.4 Å². The van der Waals surface area contributed by atoms with Crippen molar-refractivity contribution in [2.45, 2.75) is 38.8 Å². The zero-order valence-corrected chi connectivity index (χ0v) is 17.8. The van der Waals surface area contributed by atoms with E-state index in [0.717, 1.165) is 25.9 Å². The number of aromatic amines is 1. The maximum Gasteiger partial charge on any atom is 0.426 e. The molecule has 1 fully saturated rings. The molecule has 2 unspecified atom stereocenters. The lowest BCUT2D eigenvalue weighted by molar-refractivity contribution is -0.121. The number of para-hydroxylation sites is 1. The Bertz CT molecular complexity index is 1060. The van der Waals surface area contributed by atoms with Crippen molar-refractivity contribution in [3.63, 3.8) is 0 Å². The van der Waals surface area contributed by atoms with E-state index >= 15 is 0 Å². The first kappa shape index (κ1) is 19.9. The van der Waals surface area contributed by atoms with Crippen molar-refractivity contribution in [2.24, 2.45) is 11.8 Å². The second-order valence-corrected chi connectivity index (χ2v) is 8.54. The zero-order valence-electron chi connectivity index (χ0n) is 17.8. The largest absolute Gasteiger partial charge is 0.497 e. The quantitative estimate of drug-likeness (QED) is 0.638. The highest BCUT2D eigenvalue weighted by molar-refractivity contribution is 5.94. The molecule has 3 N–H and O–H groups in total. The number of rotatable bonds is 2. The predicted molar refractivity (Wildman–Crippen MR) is 119 cm³/mol. The molecule has 5 rings (SSSR count). The zero-order chi connectivity index (χ0) is 21.5. The second kappa shape index (κ2) is 7.92. The lowest BCUT2D eigenvalue weighted by Crippen LogP contribution is -2.53. The highest BCUT2D eigenvalue weighted by atomic mass is 16.6. The molecule has 0 spiro atoms. The number of H-pyrrole nitrogens is 1. The van der Waals surface area contributed by atoms with Crippen LogP contribution in [0.3, 0.4) is 0 Å². The van der Waals surface area contributed by atoms with Gasteiger partial charge >= 0.3 is 6.09 Å². The van der Waals surface area contributed by atoms with Crippen LogP contribution in [0.15, 0.2) is 36.1 Å². The Labute approximate surface area is 183 Å². The fraction of sp³-hybridized carbons (Fsp3) is 0.478. The Balaban J connectivity index is 0.00000153. The minimum atomic E-state index is -0.678. The van der Waals surface area contributed by atoms with Crippen molar-refractivity contribution in [2.75, 3.05) is 19.7 Å². The number of nitrogens with one attached hydrogen (secondary N) is 3. The molecule has 4 heterocycles. The van der Waals surface area contributed by atoms with E-state index in [4.69, 9.17) is 9.47 Å². The molecule has 2 amide bonds. The van der Waals surface area contributed by atoms with Crippen LogP contribution in [0.2, 0.25) is 0 Å². The van der Waals surface area contributed by atoms with E-state index in [2.05, 4.69) is 51.9 Å². The van der Waals surface area contributed by atoms with Crippen molar-refractivity contribution in [3.8, 4) is 0 Å². The van der Waals surface area contributed by atoms with Gasteiger partial charge in [-0.05, 0) is 38.3 Å². The summed E-state index contributed by atoms with van der Waals surface area (Å²) in [6.45, 7) is 5.89. The van der Waals surface area contributed by atoms with Crippen LogP contribution in [-0.4, -0.2) is 47.7 Å². The van der Waals surface area contributed by atoms with Crippen molar-refractivity contribution >= 4 is 22.9 Å². The number of hydrazine groups is 1. The van der Waals surface area contributed by atoms with Crippen LogP contribution < -0.4 is 10.9 Å². The highest BCUT2D eigenvalue weighted by Crippen LogP contribution is 2.47. The molecule has 0 bridgehead atoms. The minimum Gasteiger partial charge on any atom is -0.497 e. The molecule has 1 aromatic heterocycles. The SMILES string of the molecule is CCOC(=O)NNC(=O)C1=CO[C@@H](C)[C@H]2CN3CCc4c([nH]c5ccccc45)C3CC12.[HH].[HH]. The van der Waals surface area contributed by atoms with Gasteiger partial charge in [-0.2, -0.15) is 0 Å². The normalized spacial score (nSPS) is 27.2. The molecule has 8 nitrogen and oxygen atoms in total. The van der Waals surface area contributed by atoms with E-state index in [1.165, 1.54) is 22.2 Å².